The first-order chi connectivity index (χ1) is 9.43. The molecule has 0 spiro atoms. The molecule has 1 saturated heterocycles. The van der Waals surface area contributed by atoms with Gasteiger partial charge in [-0.05, 0) is 25.8 Å². The lowest BCUT2D eigenvalue weighted by Gasteiger charge is -2.23. The zero-order valence-corrected chi connectivity index (χ0v) is 12.2. The molecule has 1 rings (SSSR count). The van der Waals surface area contributed by atoms with Crippen LogP contribution >= 0.6 is 0 Å². The van der Waals surface area contributed by atoms with Gasteiger partial charge in [0.1, 0.15) is 0 Å². The van der Waals surface area contributed by atoms with Gasteiger partial charge in [0.05, 0.1) is 39.6 Å². The summed E-state index contributed by atoms with van der Waals surface area (Å²) in [5, 5.41) is 3.52. The summed E-state index contributed by atoms with van der Waals surface area (Å²) < 4.78 is 21.1. The predicted octanol–water partition coefficient (Wildman–Crippen LogP) is 1.21. The summed E-state index contributed by atoms with van der Waals surface area (Å²) in [4.78, 5) is 0. The summed E-state index contributed by atoms with van der Waals surface area (Å²) in [6.45, 7) is 5.81. The number of rotatable bonds is 12. The second-order valence-electron chi connectivity index (χ2n) is 4.77. The molecule has 1 N–H and O–H groups in total. The molecule has 1 atom stereocenters. The minimum atomic E-state index is 0.620. The van der Waals surface area contributed by atoms with Gasteiger partial charge in [-0.1, -0.05) is 6.42 Å². The lowest BCUT2D eigenvalue weighted by molar-refractivity contribution is 0.00244. The lowest BCUT2D eigenvalue weighted by atomic mass is 10.0. The van der Waals surface area contributed by atoms with Crippen LogP contribution < -0.4 is 5.32 Å². The maximum Gasteiger partial charge on any atom is 0.0701 e. The minimum Gasteiger partial charge on any atom is -0.382 e. The monoisotopic (exact) mass is 275 g/mol. The van der Waals surface area contributed by atoms with Crippen molar-refractivity contribution in [1.29, 1.82) is 0 Å². The van der Waals surface area contributed by atoms with Crippen LogP contribution in [0.1, 0.15) is 25.7 Å². The number of nitrogens with one attached hydrogen (secondary N) is 1. The molecule has 0 aromatic rings. The highest BCUT2D eigenvalue weighted by atomic mass is 16.6. The number of hydrogen-bond acceptors (Lipinski definition) is 5. The molecular formula is C14H29NO4. The minimum absolute atomic E-state index is 0.620. The molecule has 0 aromatic carbocycles. The molecule has 5 heteroatoms. The Balaban J connectivity index is 1.71. The molecule has 0 aliphatic carbocycles. The van der Waals surface area contributed by atoms with Gasteiger partial charge in [0.15, 0.2) is 0 Å². The van der Waals surface area contributed by atoms with E-state index in [4.69, 9.17) is 18.9 Å². The Morgan fingerprint density at radius 1 is 0.842 bits per heavy atom. The maximum atomic E-state index is 5.56. The zero-order chi connectivity index (χ0) is 13.6. The van der Waals surface area contributed by atoms with Crippen LogP contribution in [0.2, 0.25) is 0 Å². The summed E-state index contributed by atoms with van der Waals surface area (Å²) in [5.41, 5.74) is 0. The van der Waals surface area contributed by atoms with Gasteiger partial charge in [-0.3, -0.25) is 0 Å². The fourth-order valence-corrected chi connectivity index (χ4v) is 2.08. The van der Waals surface area contributed by atoms with Crippen molar-refractivity contribution in [2.75, 3.05) is 59.9 Å². The van der Waals surface area contributed by atoms with Crippen molar-refractivity contribution >= 4 is 0 Å². The standard InChI is InChI=1S/C14H29NO4/c1-16-8-9-18-12-13-19-11-10-17-7-5-14-4-2-3-6-15-14/h14-15H,2-13H2,1H3. The molecule has 1 aliphatic heterocycles. The Morgan fingerprint density at radius 2 is 1.47 bits per heavy atom. The summed E-state index contributed by atoms with van der Waals surface area (Å²) >= 11 is 0. The van der Waals surface area contributed by atoms with Crippen molar-refractivity contribution < 1.29 is 18.9 Å². The van der Waals surface area contributed by atoms with Gasteiger partial charge < -0.3 is 24.3 Å². The molecule has 1 aliphatic rings. The van der Waals surface area contributed by atoms with Gasteiger partial charge in [-0.15, -0.1) is 0 Å². The van der Waals surface area contributed by atoms with Gasteiger partial charge in [-0.25, -0.2) is 0 Å². The predicted molar refractivity (Wildman–Crippen MR) is 74.6 cm³/mol. The van der Waals surface area contributed by atoms with Crippen molar-refractivity contribution in [3.8, 4) is 0 Å². The van der Waals surface area contributed by atoms with Crippen molar-refractivity contribution in [3.05, 3.63) is 0 Å². The van der Waals surface area contributed by atoms with E-state index in [1.807, 2.05) is 0 Å². The molecule has 0 saturated carbocycles. The van der Waals surface area contributed by atoms with Gasteiger partial charge in [0.2, 0.25) is 0 Å². The normalized spacial score (nSPS) is 19.7. The summed E-state index contributed by atoms with van der Waals surface area (Å²) in [6.07, 6.45) is 5.07. The average Bonchev–Trinajstić information content (AvgIpc) is 2.46. The van der Waals surface area contributed by atoms with Gasteiger partial charge >= 0.3 is 0 Å². The van der Waals surface area contributed by atoms with E-state index in [0.29, 0.717) is 45.7 Å². The Labute approximate surface area is 116 Å². The maximum absolute atomic E-state index is 5.56. The van der Waals surface area contributed by atoms with E-state index in [0.717, 1.165) is 19.6 Å². The van der Waals surface area contributed by atoms with Gasteiger partial charge in [-0.2, -0.15) is 0 Å². The van der Waals surface area contributed by atoms with E-state index in [-0.39, 0.29) is 0 Å². The number of piperidine rings is 1. The highest BCUT2D eigenvalue weighted by molar-refractivity contribution is 4.71. The molecule has 1 heterocycles. The Morgan fingerprint density at radius 3 is 2.05 bits per heavy atom. The van der Waals surface area contributed by atoms with Gasteiger partial charge in [0, 0.05) is 19.8 Å². The SMILES string of the molecule is COCCOCCOCCOCCC1CCCCN1. The van der Waals surface area contributed by atoms with Gasteiger partial charge in [0.25, 0.3) is 0 Å². The van der Waals surface area contributed by atoms with Crippen molar-refractivity contribution in [2.24, 2.45) is 0 Å². The van der Waals surface area contributed by atoms with E-state index in [9.17, 15) is 0 Å². The quantitative estimate of drug-likeness (QED) is 0.543. The zero-order valence-electron chi connectivity index (χ0n) is 12.2. The van der Waals surface area contributed by atoms with Crippen molar-refractivity contribution in [2.45, 2.75) is 31.7 Å². The third kappa shape index (κ3) is 10.3. The van der Waals surface area contributed by atoms with Crippen molar-refractivity contribution in [3.63, 3.8) is 0 Å². The molecule has 114 valence electrons. The number of hydrogen-bond donors (Lipinski definition) is 1. The first-order valence-corrected chi connectivity index (χ1v) is 7.39. The molecule has 0 amide bonds. The molecule has 19 heavy (non-hydrogen) atoms. The van der Waals surface area contributed by atoms with Crippen LogP contribution in [0.3, 0.4) is 0 Å². The first-order valence-electron chi connectivity index (χ1n) is 7.39. The van der Waals surface area contributed by atoms with Crippen LogP contribution in [0.25, 0.3) is 0 Å². The van der Waals surface area contributed by atoms with Crippen LogP contribution in [-0.2, 0) is 18.9 Å². The third-order valence-corrected chi connectivity index (χ3v) is 3.20. The summed E-state index contributed by atoms with van der Waals surface area (Å²) in [5.74, 6) is 0. The van der Waals surface area contributed by atoms with Crippen LogP contribution in [-0.4, -0.2) is 65.9 Å². The largest absolute Gasteiger partial charge is 0.382 e. The average molecular weight is 275 g/mol. The summed E-state index contributed by atoms with van der Waals surface area (Å²) in [6, 6.07) is 0.656. The Kier molecular flexibility index (Phi) is 11.4. The van der Waals surface area contributed by atoms with Crippen molar-refractivity contribution in [1.82, 2.24) is 5.32 Å². The van der Waals surface area contributed by atoms with E-state index >= 15 is 0 Å². The smallest absolute Gasteiger partial charge is 0.0701 e. The second-order valence-corrected chi connectivity index (χ2v) is 4.77. The van der Waals surface area contributed by atoms with E-state index in [2.05, 4.69) is 5.32 Å². The van der Waals surface area contributed by atoms with Crippen LogP contribution in [0.15, 0.2) is 0 Å². The molecule has 0 aromatic heterocycles. The highest BCUT2D eigenvalue weighted by Gasteiger charge is 2.11. The molecule has 1 fully saturated rings. The Bertz CT molecular complexity index is 186. The molecule has 0 radical (unpaired) electrons. The number of ether oxygens (including phenoxy) is 4. The van der Waals surface area contributed by atoms with Crippen LogP contribution in [0.4, 0.5) is 0 Å². The fraction of sp³-hybridized carbons (Fsp3) is 1.00. The number of methoxy groups -OCH3 is 1. The second kappa shape index (κ2) is 12.8. The molecule has 5 nitrogen and oxygen atoms in total. The summed E-state index contributed by atoms with van der Waals surface area (Å²) in [7, 11) is 1.67. The third-order valence-electron chi connectivity index (χ3n) is 3.20. The molecule has 1 unspecified atom stereocenters. The van der Waals surface area contributed by atoms with E-state index in [1.54, 1.807) is 7.11 Å². The van der Waals surface area contributed by atoms with Crippen LogP contribution in [0, 0.1) is 0 Å². The molecular weight excluding hydrogens is 246 g/mol. The van der Waals surface area contributed by atoms with E-state index in [1.165, 1.54) is 19.3 Å². The van der Waals surface area contributed by atoms with E-state index < -0.39 is 0 Å². The van der Waals surface area contributed by atoms with Crippen LogP contribution in [0.5, 0.6) is 0 Å². The lowest BCUT2D eigenvalue weighted by Crippen LogP contribution is -2.34. The molecule has 0 bridgehead atoms. The fourth-order valence-electron chi connectivity index (χ4n) is 2.08. The highest BCUT2D eigenvalue weighted by Crippen LogP contribution is 2.09. The topological polar surface area (TPSA) is 49.0 Å². The first kappa shape index (κ1) is 16.9. The Hall–Kier alpha value is -0.200.